The predicted octanol–water partition coefficient (Wildman–Crippen LogP) is 7.82. The first kappa shape index (κ1) is 20.8. The van der Waals surface area contributed by atoms with Crippen molar-refractivity contribution in [3.63, 3.8) is 0 Å². The molecule has 0 aromatic heterocycles. The summed E-state index contributed by atoms with van der Waals surface area (Å²) in [6, 6.07) is 14.0. The van der Waals surface area contributed by atoms with Crippen LogP contribution in [0.4, 0.5) is 13.2 Å². The third-order valence-corrected chi connectivity index (χ3v) is 5.61. The molecule has 3 aromatic carbocycles. The number of rotatable bonds is 6. The van der Waals surface area contributed by atoms with Crippen LogP contribution in [0.25, 0.3) is 11.1 Å². The van der Waals surface area contributed by atoms with Crippen molar-refractivity contribution in [2.24, 2.45) is 0 Å². The van der Waals surface area contributed by atoms with Crippen molar-refractivity contribution in [2.75, 3.05) is 0 Å². The maximum absolute atomic E-state index is 13.4. The predicted molar refractivity (Wildman–Crippen MR) is 110 cm³/mol. The van der Waals surface area contributed by atoms with Gasteiger partial charge in [0.25, 0.3) is 0 Å². The van der Waals surface area contributed by atoms with E-state index in [4.69, 9.17) is 23.2 Å². The molecule has 0 nitrogen and oxygen atoms in total. The van der Waals surface area contributed by atoms with Crippen LogP contribution in [0.2, 0.25) is 10.0 Å². The van der Waals surface area contributed by atoms with E-state index in [0.717, 1.165) is 41.7 Å². The summed E-state index contributed by atoms with van der Waals surface area (Å²) >= 11 is 12.9. The fourth-order valence-electron chi connectivity index (χ4n) is 3.18. The zero-order valence-electron chi connectivity index (χ0n) is 15.3. The third-order valence-electron chi connectivity index (χ3n) is 4.69. The van der Waals surface area contributed by atoms with E-state index in [0.29, 0.717) is 28.5 Å². The summed E-state index contributed by atoms with van der Waals surface area (Å²) in [7, 11) is 0. The van der Waals surface area contributed by atoms with Crippen LogP contribution in [0.15, 0.2) is 48.5 Å². The third kappa shape index (κ3) is 4.53. The molecule has 0 unspecified atom stereocenters. The molecular formula is C23H19Cl2F3. The van der Waals surface area contributed by atoms with Crippen molar-refractivity contribution >= 4 is 23.2 Å². The molecule has 0 aliphatic rings. The van der Waals surface area contributed by atoms with Crippen LogP contribution in [-0.2, 0) is 19.3 Å². The molecular weight excluding hydrogens is 404 g/mol. The Morgan fingerprint density at radius 3 is 1.96 bits per heavy atom. The fraction of sp³-hybridized carbons (Fsp3) is 0.217. The first-order valence-electron chi connectivity index (χ1n) is 9.10. The maximum Gasteiger partial charge on any atom is 0.194 e. The van der Waals surface area contributed by atoms with Crippen LogP contribution in [0.3, 0.4) is 0 Å². The van der Waals surface area contributed by atoms with E-state index in [1.807, 2.05) is 24.3 Å². The molecule has 0 spiro atoms. The van der Waals surface area contributed by atoms with Crippen LogP contribution in [0.1, 0.15) is 30.0 Å². The largest absolute Gasteiger partial charge is 0.204 e. The second-order valence-corrected chi connectivity index (χ2v) is 7.48. The maximum atomic E-state index is 13.4. The Morgan fingerprint density at radius 2 is 1.36 bits per heavy atom. The van der Waals surface area contributed by atoms with Gasteiger partial charge in [-0.15, -0.1) is 0 Å². The second kappa shape index (κ2) is 9.02. The van der Waals surface area contributed by atoms with E-state index in [9.17, 15) is 13.2 Å². The lowest BCUT2D eigenvalue weighted by molar-refractivity contribution is 0.445. The normalized spacial score (nSPS) is 11.1. The van der Waals surface area contributed by atoms with Gasteiger partial charge in [0.2, 0.25) is 0 Å². The van der Waals surface area contributed by atoms with Gasteiger partial charge >= 0.3 is 0 Å². The molecule has 146 valence electrons. The Bertz CT molecular complexity index is 959. The highest BCUT2D eigenvalue weighted by Gasteiger charge is 2.14. The molecule has 0 N–H and O–H groups in total. The highest BCUT2D eigenvalue weighted by atomic mass is 35.5. The molecule has 0 fully saturated rings. The quantitative estimate of drug-likeness (QED) is 0.355. The monoisotopic (exact) mass is 422 g/mol. The number of hydrogen-bond donors (Lipinski definition) is 0. The van der Waals surface area contributed by atoms with Crippen LogP contribution >= 0.6 is 23.2 Å². The van der Waals surface area contributed by atoms with E-state index in [1.54, 1.807) is 0 Å². The molecule has 28 heavy (non-hydrogen) atoms. The molecule has 3 rings (SSSR count). The molecule has 5 heteroatoms. The topological polar surface area (TPSA) is 0 Å². The smallest absolute Gasteiger partial charge is 0.194 e. The lowest BCUT2D eigenvalue weighted by atomic mass is 9.98. The van der Waals surface area contributed by atoms with Gasteiger partial charge in [-0.25, -0.2) is 13.2 Å². The minimum Gasteiger partial charge on any atom is -0.204 e. The molecule has 3 aromatic rings. The van der Waals surface area contributed by atoms with Crippen molar-refractivity contribution in [2.45, 2.75) is 32.6 Å². The van der Waals surface area contributed by atoms with Gasteiger partial charge in [-0.1, -0.05) is 72.9 Å². The SMILES string of the molecule is CCCc1ccc(-c2ccc(CCc3cc(F)c(F)c(F)c3)c(Cl)c2Cl)cc1. The first-order chi connectivity index (χ1) is 13.4. The summed E-state index contributed by atoms with van der Waals surface area (Å²) in [5.41, 5.74) is 4.20. The fourth-order valence-corrected chi connectivity index (χ4v) is 3.73. The van der Waals surface area contributed by atoms with Crippen molar-refractivity contribution in [3.8, 4) is 11.1 Å². The van der Waals surface area contributed by atoms with Gasteiger partial charge in [-0.05, 0) is 53.6 Å². The number of aryl methyl sites for hydroxylation is 3. The summed E-state index contributed by atoms with van der Waals surface area (Å²) in [6.45, 7) is 2.14. The minimum atomic E-state index is -1.46. The summed E-state index contributed by atoms with van der Waals surface area (Å²) in [5, 5.41) is 0.860. The van der Waals surface area contributed by atoms with Crippen molar-refractivity contribution in [1.29, 1.82) is 0 Å². The van der Waals surface area contributed by atoms with E-state index in [-0.39, 0.29) is 0 Å². The minimum absolute atomic E-state index is 0.315. The summed E-state index contributed by atoms with van der Waals surface area (Å²) < 4.78 is 39.8. The average molecular weight is 423 g/mol. The van der Waals surface area contributed by atoms with Gasteiger partial charge in [0.05, 0.1) is 10.0 Å². The van der Waals surface area contributed by atoms with Crippen LogP contribution in [0.5, 0.6) is 0 Å². The van der Waals surface area contributed by atoms with Gasteiger partial charge in [0.15, 0.2) is 17.5 Å². The zero-order chi connectivity index (χ0) is 20.3. The molecule has 0 bridgehead atoms. The number of hydrogen-bond acceptors (Lipinski definition) is 0. The van der Waals surface area contributed by atoms with E-state index >= 15 is 0 Å². The average Bonchev–Trinajstić information content (AvgIpc) is 2.68. The van der Waals surface area contributed by atoms with E-state index < -0.39 is 17.5 Å². The summed E-state index contributed by atoms with van der Waals surface area (Å²) in [5.74, 6) is -3.85. The lowest BCUT2D eigenvalue weighted by Crippen LogP contribution is -1.98. The molecule has 0 radical (unpaired) electrons. The van der Waals surface area contributed by atoms with Crippen molar-refractivity contribution < 1.29 is 13.2 Å². The van der Waals surface area contributed by atoms with Gasteiger partial charge in [0, 0.05) is 5.56 Å². The Morgan fingerprint density at radius 1 is 0.714 bits per heavy atom. The van der Waals surface area contributed by atoms with E-state index in [1.165, 1.54) is 5.56 Å². The van der Waals surface area contributed by atoms with Crippen molar-refractivity contribution in [1.82, 2.24) is 0 Å². The van der Waals surface area contributed by atoms with Gasteiger partial charge in [0.1, 0.15) is 0 Å². The Balaban J connectivity index is 1.80. The zero-order valence-corrected chi connectivity index (χ0v) is 16.8. The molecule has 0 aliphatic heterocycles. The Kier molecular flexibility index (Phi) is 6.69. The van der Waals surface area contributed by atoms with Gasteiger partial charge in [-0.3, -0.25) is 0 Å². The highest BCUT2D eigenvalue weighted by molar-refractivity contribution is 6.44. The highest BCUT2D eigenvalue weighted by Crippen LogP contribution is 2.36. The lowest BCUT2D eigenvalue weighted by Gasteiger charge is -2.12. The first-order valence-corrected chi connectivity index (χ1v) is 9.86. The van der Waals surface area contributed by atoms with Crippen LogP contribution in [-0.4, -0.2) is 0 Å². The van der Waals surface area contributed by atoms with Crippen molar-refractivity contribution in [3.05, 3.63) is 92.7 Å². The number of halogens is 5. The van der Waals surface area contributed by atoms with Gasteiger partial charge < -0.3 is 0 Å². The van der Waals surface area contributed by atoms with Crippen LogP contribution in [0, 0.1) is 17.5 Å². The molecule has 0 amide bonds. The molecule has 0 heterocycles. The Hall–Kier alpha value is -1.97. The number of benzene rings is 3. The molecule has 0 atom stereocenters. The van der Waals surface area contributed by atoms with E-state index in [2.05, 4.69) is 19.1 Å². The summed E-state index contributed by atoms with van der Waals surface area (Å²) in [4.78, 5) is 0. The Labute approximate surface area is 172 Å². The molecule has 0 saturated heterocycles. The summed E-state index contributed by atoms with van der Waals surface area (Å²) in [6.07, 6.45) is 2.86. The van der Waals surface area contributed by atoms with Gasteiger partial charge in [-0.2, -0.15) is 0 Å². The second-order valence-electron chi connectivity index (χ2n) is 6.72. The standard InChI is InChI=1S/C23H19Cl2F3/c1-2-3-14-4-7-16(8-5-14)18-11-10-17(21(24)22(18)25)9-6-15-12-19(26)23(28)20(27)13-15/h4-5,7-8,10-13H,2-3,6,9H2,1H3. The molecule has 0 aliphatic carbocycles. The molecule has 0 saturated carbocycles. The van der Waals surface area contributed by atoms with Crippen LogP contribution < -0.4 is 0 Å².